The molecule has 23 heavy (non-hydrogen) atoms. The first-order chi connectivity index (χ1) is 11.0. The van der Waals surface area contributed by atoms with Crippen LogP contribution in [0.3, 0.4) is 0 Å². The normalized spacial score (nSPS) is 12.1. The van der Waals surface area contributed by atoms with Crippen molar-refractivity contribution in [3.8, 4) is 11.3 Å². The largest absolute Gasteiger partial charge is 0.416 e. The molecule has 4 aromatic rings. The lowest BCUT2D eigenvalue weighted by Crippen LogP contribution is -2.04. The second-order valence-electron chi connectivity index (χ2n) is 5.17. The molecule has 0 aliphatic rings. The molecule has 0 saturated heterocycles. The van der Waals surface area contributed by atoms with Crippen molar-refractivity contribution in [3.05, 3.63) is 66.6 Å². The predicted octanol–water partition coefficient (Wildman–Crippen LogP) is 4.57. The van der Waals surface area contributed by atoms with Crippen LogP contribution in [0.25, 0.3) is 27.8 Å². The van der Waals surface area contributed by atoms with Crippen LogP contribution in [0, 0.1) is 0 Å². The molecule has 2 aromatic carbocycles. The zero-order valence-corrected chi connectivity index (χ0v) is 11.7. The Hall–Kier alpha value is -2.89. The fourth-order valence-corrected chi connectivity index (χ4v) is 2.63. The third kappa shape index (κ3) is 2.23. The highest BCUT2D eigenvalue weighted by molar-refractivity contribution is 5.87. The van der Waals surface area contributed by atoms with Gasteiger partial charge >= 0.3 is 6.18 Å². The molecule has 0 bridgehead atoms. The molecule has 0 fully saturated rings. The van der Waals surface area contributed by atoms with Gasteiger partial charge in [0, 0.05) is 5.56 Å². The Balaban J connectivity index is 1.95. The van der Waals surface area contributed by atoms with Crippen LogP contribution in [0.15, 0.2) is 61.1 Å². The Morgan fingerprint density at radius 2 is 1.61 bits per heavy atom. The smallest absolute Gasteiger partial charge is 0.295 e. The first-order valence-electron chi connectivity index (χ1n) is 6.92. The number of benzene rings is 2. The molecule has 0 aliphatic carbocycles. The van der Waals surface area contributed by atoms with Crippen molar-refractivity contribution in [2.24, 2.45) is 0 Å². The Labute approximate surface area is 129 Å². The summed E-state index contributed by atoms with van der Waals surface area (Å²) in [4.78, 5) is 8.73. The minimum Gasteiger partial charge on any atom is -0.295 e. The molecule has 0 N–H and O–H groups in total. The molecule has 0 spiro atoms. The van der Waals surface area contributed by atoms with E-state index in [4.69, 9.17) is 0 Å². The fraction of sp³-hybridized carbons (Fsp3) is 0.0588. The van der Waals surface area contributed by atoms with E-state index in [-0.39, 0.29) is 0 Å². The second kappa shape index (κ2) is 4.81. The SMILES string of the molecule is FC(F)(F)c1ccc(-c2nc3ccccc3n3cncc23)cc1. The lowest BCUT2D eigenvalue weighted by atomic mass is 10.1. The number of aromatic nitrogens is 3. The van der Waals surface area contributed by atoms with E-state index in [0.717, 1.165) is 28.7 Å². The average molecular weight is 313 g/mol. The second-order valence-corrected chi connectivity index (χ2v) is 5.17. The van der Waals surface area contributed by atoms with Crippen molar-refractivity contribution in [2.45, 2.75) is 6.18 Å². The monoisotopic (exact) mass is 313 g/mol. The van der Waals surface area contributed by atoms with Gasteiger partial charge in [-0.3, -0.25) is 4.40 Å². The first-order valence-corrected chi connectivity index (χ1v) is 6.92. The third-order valence-corrected chi connectivity index (χ3v) is 3.74. The number of hydrogen-bond donors (Lipinski definition) is 0. The summed E-state index contributed by atoms with van der Waals surface area (Å²) in [5.74, 6) is 0. The molecule has 0 unspecified atom stereocenters. The molecule has 3 nitrogen and oxygen atoms in total. The number of hydrogen-bond acceptors (Lipinski definition) is 2. The molecule has 0 saturated carbocycles. The van der Waals surface area contributed by atoms with Crippen LogP contribution in [0.5, 0.6) is 0 Å². The van der Waals surface area contributed by atoms with Gasteiger partial charge in [0.15, 0.2) is 0 Å². The number of imidazole rings is 1. The van der Waals surface area contributed by atoms with Gasteiger partial charge in [-0.1, -0.05) is 24.3 Å². The van der Waals surface area contributed by atoms with Gasteiger partial charge in [-0.15, -0.1) is 0 Å². The minimum atomic E-state index is -4.35. The molecule has 0 radical (unpaired) electrons. The van der Waals surface area contributed by atoms with Crippen LogP contribution in [-0.2, 0) is 6.18 Å². The van der Waals surface area contributed by atoms with Crippen LogP contribution in [-0.4, -0.2) is 14.4 Å². The zero-order chi connectivity index (χ0) is 16.0. The molecule has 2 heterocycles. The summed E-state index contributed by atoms with van der Waals surface area (Å²) in [6.45, 7) is 0. The highest BCUT2D eigenvalue weighted by Gasteiger charge is 2.30. The standard InChI is InChI=1S/C17H10F3N3/c18-17(19,20)12-7-5-11(6-8-12)16-15-9-21-10-23(15)14-4-2-1-3-13(14)22-16/h1-10H. The minimum absolute atomic E-state index is 0.606. The molecule has 0 atom stereocenters. The lowest BCUT2D eigenvalue weighted by molar-refractivity contribution is -0.137. The first kappa shape index (κ1) is 13.8. The number of rotatable bonds is 1. The highest BCUT2D eigenvalue weighted by Crippen LogP contribution is 2.32. The van der Waals surface area contributed by atoms with Crippen LogP contribution in [0.1, 0.15) is 5.56 Å². The summed E-state index contributed by atoms with van der Waals surface area (Å²) < 4.78 is 40.0. The molecule has 4 rings (SSSR count). The Kier molecular flexibility index (Phi) is 2.87. The van der Waals surface area contributed by atoms with Gasteiger partial charge in [0.25, 0.3) is 0 Å². The quantitative estimate of drug-likeness (QED) is 0.515. The highest BCUT2D eigenvalue weighted by atomic mass is 19.4. The van der Waals surface area contributed by atoms with E-state index >= 15 is 0 Å². The molecule has 0 amide bonds. The molecular weight excluding hydrogens is 303 g/mol. The maximum absolute atomic E-state index is 12.7. The van der Waals surface area contributed by atoms with E-state index in [0.29, 0.717) is 11.3 Å². The van der Waals surface area contributed by atoms with Crippen molar-refractivity contribution in [3.63, 3.8) is 0 Å². The van der Waals surface area contributed by atoms with E-state index in [1.807, 2.05) is 28.7 Å². The van der Waals surface area contributed by atoms with Gasteiger partial charge in [0.05, 0.1) is 40.3 Å². The van der Waals surface area contributed by atoms with Crippen molar-refractivity contribution in [2.75, 3.05) is 0 Å². The molecule has 2 aromatic heterocycles. The summed E-state index contributed by atoms with van der Waals surface area (Å²) >= 11 is 0. The van der Waals surface area contributed by atoms with Gasteiger partial charge in [-0.25, -0.2) is 9.97 Å². The summed E-state index contributed by atoms with van der Waals surface area (Å²) in [7, 11) is 0. The Bertz CT molecular complexity index is 1000. The predicted molar refractivity (Wildman–Crippen MR) is 80.9 cm³/mol. The van der Waals surface area contributed by atoms with Gasteiger partial charge in [-0.05, 0) is 24.3 Å². The Morgan fingerprint density at radius 3 is 2.35 bits per heavy atom. The summed E-state index contributed by atoms with van der Waals surface area (Å²) in [6.07, 6.45) is -1.01. The van der Waals surface area contributed by atoms with Crippen molar-refractivity contribution >= 4 is 16.6 Å². The summed E-state index contributed by atoms with van der Waals surface area (Å²) in [6, 6.07) is 12.6. The van der Waals surface area contributed by atoms with Gasteiger partial charge in [-0.2, -0.15) is 13.2 Å². The number of fused-ring (bicyclic) bond motifs is 3. The van der Waals surface area contributed by atoms with E-state index in [9.17, 15) is 13.2 Å². The van der Waals surface area contributed by atoms with Gasteiger partial charge in [0.2, 0.25) is 0 Å². The topological polar surface area (TPSA) is 30.2 Å². The summed E-state index contributed by atoms with van der Waals surface area (Å²) in [5, 5.41) is 0. The maximum Gasteiger partial charge on any atom is 0.416 e. The van der Waals surface area contributed by atoms with E-state index in [1.165, 1.54) is 12.1 Å². The van der Waals surface area contributed by atoms with Gasteiger partial charge < -0.3 is 0 Å². The fourth-order valence-electron chi connectivity index (χ4n) is 2.63. The number of para-hydroxylation sites is 2. The van der Waals surface area contributed by atoms with Crippen LogP contribution in [0.4, 0.5) is 13.2 Å². The number of halogens is 3. The Morgan fingerprint density at radius 1 is 0.870 bits per heavy atom. The molecule has 114 valence electrons. The van der Waals surface area contributed by atoms with Crippen LogP contribution in [0.2, 0.25) is 0 Å². The van der Waals surface area contributed by atoms with Crippen molar-refractivity contribution in [1.29, 1.82) is 0 Å². The van der Waals surface area contributed by atoms with Crippen molar-refractivity contribution in [1.82, 2.24) is 14.4 Å². The number of alkyl halides is 3. The molecule has 6 heteroatoms. The number of nitrogens with zero attached hydrogens (tertiary/aromatic N) is 3. The van der Waals surface area contributed by atoms with E-state index in [2.05, 4.69) is 9.97 Å². The zero-order valence-electron chi connectivity index (χ0n) is 11.7. The van der Waals surface area contributed by atoms with Crippen LogP contribution >= 0.6 is 0 Å². The average Bonchev–Trinajstić information content (AvgIpc) is 3.03. The summed E-state index contributed by atoms with van der Waals surface area (Å²) in [5.41, 5.74) is 2.96. The van der Waals surface area contributed by atoms with Gasteiger partial charge in [0.1, 0.15) is 0 Å². The van der Waals surface area contributed by atoms with E-state index in [1.54, 1.807) is 12.5 Å². The molecular formula is C17H10F3N3. The third-order valence-electron chi connectivity index (χ3n) is 3.74. The van der Waals surface area contributed by atoms with E-state index < -0.39 is 11.7 Å². The van der Waals surface area contributed by atoms with Crippen molar-refractivity contribution < 1.29 is 13.2 Å². The van der Waals surface area contributed by atoms with Crippen LogP contribution < -0.4 is 0 Å². The maximum atomic E-state index is 12.7. The molecule has 0 aliphatic heterocycles. The lowest BCUT2D eigenvalue weighted by Gasteiger charge is -2.10.